The summed E-state index contributed by atoms with van der Waals surface area (Å²) in [6.07, 6.45) is -2.62. The Kier molecular flexibility index (Phi) is 6.18. The van der Waals surface area contributed by atoms with Crippen LogP contribution in [0, 0.1) is 0 Å². The van der Waals surface area contributed by atoms with Crippen molar-refractivity contribution in [1.29, 1.82) is 0 Å². The number of rotatable bonds is 6. The third kappa shape index (κ3) is 4.93. The number of hydrogen-bond acceptors (Lipinski definition) is 3. The molecule has 0 atom stereocenters. The average molecular weight is 367 g/mol. The number of unbranched alkanes of at least 4 members (excludes halogenated alkanes) is 1. The molecule has 1 aromatic heterocycles. The number of alkyl halides is 3. The highest BCUT2D eigenvalue weighted by molar-refractivity contribution is 5.75. The van der Waals surface area contributed by atoms with E-state index in [1.165, 1.54) is 29.2 Å². The van der Waals surface area contributed by atoms with Crippen LogP contribution in [0.4, 0.5) is 13.2 Å². The van der Waals surface area contributed by atoms with Gasteiger partial charge in [0.25, 0.3) is 5.56 Å². The summed E-state index contributed by atoms with van der Waals surface area (Å²) in [6.45, 7) is 2.38. The molecule has 5 nitrogen and oxygen atoms in total. The van der Waals surface area contributed by atoms with Gasteiger partial charge in [0.1, 0.15) is 6.54 Å². The maximum absolute atomic E-state index is 12.6. The fourth-order valence-electron chi connectivity index (χ4n) is 2.31. The largest absolute Gasteiger partial charge is 0.416 e. The second kappa shape index (κ2) is 8.16. The summed E-state index contributed by atoms with van der Waals surface area (Å²) < 4.78 is 39.0. The van der Waals surface area contributed by atoms with Crippen molar-refractivity contribution in [2.24, 2.45) is 0 Å². The zero-order valence-corrected chi connectivity index (χ0v) is 14.6. The molecule has 0 unspecified atom stereocenters. The van der Waals surface area contributed by atoms with Gasteiger partial charge < -0.3 is 4.90 Å². The van der Waals surface area contributed by atoms with Gasteiger partial charge in [-0.15, -0.1) is 0 Å². The number of nitrogens with zero attached hydrogens (tertiary/aromatic N) is 3. The van der Waals surface area contributed by atoms with E-state index in [-0.39, 0.29) is 12.5 Å². The molecule has 1 heterocycles. The topological polar surface area (TPSA) is 55.2 Å². The molecule has 0 aliphatic rings. The van der Waals surface area contributed by atoms with Crippen molar-refractivity contribution in [3.05, 3.63) is 52.3 Å². The van der Waals surface area contributed by atoms with Gasteiger partial charge in [-0.05, 0) is 24.6 Å². The van der Waals surface area contributed by atoms with Crippen LogP contribution >= 0.6 is 0 Å². The molecule has 0 aliphatic heterocycles. The second-order valence-electron chi connectivity index (χ2n) is 5.96. The van der Waals surface area contributed by atoms with Crippen LogP contribution in [-0.4, -0.2) is 34.2 Å². The summed E-state index contributed by atoms with van der Waals surface area (Å²) in [4.78, 5) is 25.6. The monoisotopic (exact) mass is 367 g/mol. The second-order valence-corrected chi connectivity index (χ2v) is 5.96. The van der Waals surface area contributed by atoms with Crippen molar-refractivity contribution in [1.82, 2.24) is 14.7 Å². The first-order valence-corrected chi connectivity index (χ1v) is 8.22. The van der Waals surface area contributed by atoms with Gasteiger partial charge in [-0.1, -0.05) is 25.5 Å². The van der Waals surface area contributed by atoms with Crippen molar-refractivity contribution < 1.29 is 18.0 Å². The third-order valence-corrected chi connectivity index (χ3v) is 3.93. The van der Waals surface area contributed by atoms with Gasteiger partial charge in [0.05, 0.1) is 11.3 Å². The standard InChI is InChI=1S/C18H20F3N3O2/c1-3-4-11-23(2)17(26)12-24-16(25)10-9-15(22-24)13-5-7-14(8-6-13)18(19,20)21/h5-10H,3-4,11-12H2,1-2H3. The maximum Gasteiger partial charge on any atom is 0.416 e. The Morgan fingerprint density at radius 3 is 2.38 bits per heavy atom. The van der Waals surface area contributed by atoms with Crippen molar-refractivity contribution in [2.45, 2.75) is 32.5 Å². The Hall–Kier alpha value is -2.64. The van der Waals surface area contributed by atoms with Crippen LogP contribution in [0.5, 0.6) is 0 Å². The predicted molar refractivity (Wildman–Crippen MR) is 91.5 cm³/mol. The molecule has 0 radical (unpaired) electrons. The van der Waals surface area contributed by atoms with E-state index in [0.29, 0.717) is 17.8 Å². The Morgan fingerprint density at radius 2 is 1.81 bits per heavy atom. The first-order valence-electron chi connectivity index (χ1n) is 8.22. The van der Waals surface area contributed by atoms with Gasteiger partial charge in [0.15, 0.2) is 0 Å². The van der Waals surface area contributed by atoms with Crippen molar-refractivity contribution >= 4 is 5.91 Å². The average Bonchev–Trinajstić information content (AvgIpc) is 2.60. The van der Waals surface area contributed by atoms with E-state index in [4.69, 9.17) is 0 Å². The van der Waals surface area contributed by atoms with Gasteiger partial charge in [-0.2, -0.15) is 18.3 Å². The highest BCUT2D eigenvalue weighted by Gasteiger charge is 2.30. The van der Waals surface area contributed by atoms with E-state index in [2.05, 4.69) is 5.10 Å². The van der Waals surface area contributed by atoms with Crippen molar-refractivity contribution in [2.75, 3.05) is 13.6 Å². The minimum absolute atomic E-state index is 0.215. The summed E-state index contributed by atoms with van der Waals surface area (Å²) in [5.41, 5.74) is -0.457. The van der Waals surface area contributed by atoms with E-state index in [0.717, 1.165) is 29.7 Å². The molecule has 2 aromatic rings. The van der Waals surface area contributed by atoms with Gasteiger partial charge >= 0.3 is 6.18 Å². The summed E-state index contributed by atoms with van der Waals surface area (Å²) in [7, 11) is 1.66. The summed E-state index contributed by atoms with van der Waals surface area (Å²) in [6, 6.07) is 7.16. The van der Waals surface area contributed by atoms with Crippen LogP contribution in [0.3, 0.4) is 0 Å². The molecule has 0 spiro atoms. The molecule has 0 saturated heterocycles. The number of halogens is 3. The first-order chi connectivity index (χ1) is 12.2. The summed E-state index contributed by atoms with van der Waals surface area (Å²) >= 11 is 0. The molecule has 0 aliphatic carbocycles. The number of amides is 1. The number of benzene rings is 1. The lowest BCUT2D eigenvalue weighted by Crippen LogP contribution is -2.35. The van der Waals surface area contributed by atoms with E-state index in [1.807, 2.05) is 6.92 Å². The number of carbonyl (C=O) groups is 1. The highest BCUT2D eigenvalue weighted by Crippen LogP contribution is 2.30. The minimum atomic E-state index is -4.42. The Morgan fingerprint density at radius 1 is 1.15 bits per heavy atom. The Balaban J connectivity index is 2.21. The third-order valence-electron chi connectivity index (χ3n) is 3.93. The van der Waals surface area contributed by atoms with Crippen LogP contribution in [0.15, 0.2) is 41.2 Å². The zero-order valence-electron chi connectivity index (χ0n) is 14.6. The molecule has 2 rings (SSSR count). The molecule has 0 fully saturated rings. The van der Waals surface area contributed by atoms with Crippen molar-refractivity contribution in [3.8, 4) is 11.3 Å². The first kappa shape index (κ1) is 19.7. The fourth-order valence-corrected chi connectivity index (χ4v) is 2.31. The van der Waals surface area contributed by atoms with Crippen LogP contribution in [0.25, 0.3) is 11.3 Å². The maximum atomic E-state index is 12.6. The molecular weight excluding hydrogens is 347 g/mol. The molecule has 8 heteroatoms. The lowest BCUT2D eigenvalue weighted by molar-refractivity contribution is -0.137. The molecule has 0 saturated carbocycles. The molecule has 1 aromatic carbocycles. The van der Waals surface area contributed by atoms with Crippen LogP contribution in [-0.2, 0) is 17.5 Å². The summed E-state index contributed by atoms with van der Waals surface area (Å²) in [5.74, 6) is -0.252. The predicted octanol–water partition coefficient (Wildman–Crippen LogP) is 3.19. The Bertz CT molecular complexity index is 814. The molecule has 1 amide bonds. The number of carbonyl (C=O) groups excluding carboxylic acids is 1. The zero-order chi connectivity index (χ0) is 19.3. The smallest absolute Gasteiger partial charge is 0.344 e. The van der Waals surface area contributed by atoms with E-state index in [1.54, 1.807) is 7.05 Å². The number of aromatic nitrogens is 2. The van der Waals surface area contributed by atoms with Crippen molar-refractivity contribution in [3.63, 3.8) is 0 Å². The fraction of sp³-hybridized carbons (Fsp3) is 0.389. The van der Waals surface area contributed by atoms with Gasteiger partial charge in [-0.25, -0.2) is 4.68 Å². The molecule has 0 bridgehead atoms. The van der Waals surface area contributed by atoms with Gasteiger partial charge in [0, 0.05) is 25.2 Å². The van der Waals surface area contributed by atoms with Crippen LogP contribution < -0.4 is 5.56 Å². The Labute approximate surface area is 149 Å². The van der Waals surface area contributed by atoms with Gasteiger partial charge in [-0.3, -0.25) is 9.59 Å². The van der Waals surface area contributed by atoms with Crippen LogP contribution in [0.1, 0.15) is 25.3 Å². The number of hydrogen-bond donors (Lipinski definition) is 0. The summed E-state index contributed by atoms with van der Waals surface area (Å²) in [5, 5.41) is 4.11. The van der Waals surface area contributed by atoms with Crippen LogP contribution in [0.2, 0.25) is 0 Å². The molecule has 0 N–H and O–H groups in total. The highest BCUT2D eigenvalue weighted by atomic mass is 19.4. The lowest BCUT2D eigenvalue weighted by Gasteiger charge is -2.17. The van der Waals surface area contributed by atoms with E-state index >= 15 is 0 Å². The normalized spacial score (nSPS) is 11.4. The molecule has 26 heavy (non-hydrogen) atoms. The van der Waals surface area contributed by atoms with E-state index in [9.17, 15) is 22.8 Å². The molecule has 140 valence electrons. The molecular formula is C18H20F3N3O2. The minimum Gasteiger partial charge on any atom is -0.344 e. The van der Waals surface area contributed by atoms with Gasteiger partial charge in [0.2, 0.25) is 5.91 Å². The number of likely N-dealkylation sites (N-methyl/N-ethyl adjacent to an activating group) is 1. The van der Waals surface area contributed by atoms with E-state index < -0.39 is 17.3 Å². The SMILES string of the molecule is CCCCN(C)C(=O)Cn1nc(-c2ccc(C(F)(F)F)cc2)ccc1=O. The lowest BCUT2D eigenvalue weighted by atomic mass is 10.1. The quantitative estimate of drug-likeness (QED) is 0.788.